The van der Waals surface area contributed by atoms with E-state index in [1.54, 1.807) is 0 Å². The standard InChI is InChI=1S/C25H30F6N3O/c1-32(10-9-18-15-20(24(26,27)28)17-21(16-18)25(29,30)31)23(35)22(19-7-5-4-6-8-19)33-11-13-34(2,3)14-12-33/h4-8,15-17,22H,9-14H2,1-3H3/q+1. The van der Waals surface area contributed by atoms with Gasteiger partial charge in [0.05, 0.1) is 38.3 Å². The highest BCUT2D eigenvalue weighted by Crippen LogP contribution is 2.36. The second kappa shape index (κ2) is 10.2. The van der Waals surface area contributed by atoms with Crippen LogP contribution in [0.5, 0.6) is 0 Å². The first-order valence-corrected chi connectivity index (χ1v) is 11.3. The zero-order valence-electron chi connectivity index (χ0n) is 20.0. The smallest absolute Gasteiger partial charge is 0.344 e. The normalized spacial score (nSPS) is 17.7. The van der Waals surface area contributed by atoms with Gasteiger partial charge < -0.3 is 9.38 Å². The Balaban J connectivity index is 1.80. The molecule has 4 nitrogen and oxygen atoms in total. The summed E-state index contributed by atoms with van der Waals surface area (Å²) in [4.78, 5) is 17.0. The predicted octanol–water partition coefficient (Wildman–Crippen LogP) is 4.86. The third kappa shape index (κ3) is 6.98. The molecule has 0 aliphatic carbocycles. The SMILES string of the molecule is CN(CCc1cc(C(F)(F)F)cc(C(F)(F)F)c1)C(=O)C(c1ccccc1)N1CC[N+](C)(C)CC1. The zero-order valence-corrected chi connectivity index (χ0v) is 20.0. The van der Waals surface area contributed by atoms with Crippen molar-refractivity contribution in [1.29, 1.82) is 0 Å². The second-order valence-electron chi connectivity index (χ2n) is 9.66. The van der Waals surface area contributed by atoms with Crippen LogP contribution in [0, 0.1) is 0 Å². The van der Waals surface area contributed by atoms with E-state index in [-0.39, 0.29) is 30.5 Å². The maximum atomic E-state index is 13.5. The van der Waals surface area contributed by atoms with Gasteiger partial charge in [-0.3, -0.25) is 9.69 Å². The molecule has 0 N–H and O–H groups in total. The maximum absolute atomic E-state index is 13.5. The molecule has 0 aromatic heterocycles. The maximum Gasteiger partial charge on any atom is 0.416 e. The van der Waals surface area contributed by atoms with Crippen LogP contribution in [0.4, 0.5) is 26.3 Å². The fourth-order valence-corrected chi connectivity index (χ4v) is 4.20. The van der Waals surface area contributed by atoms with Crippen molar-refractivity contribution in [1.82, 2.24) is 9.80 Å². The molecule has 3 rings (SSSR count). The molecule has 0 spiro atoms. The van der Waals surface area contributed by atoms with Gasteiger partial charge in [-0.2, -0.15) is 26.3 Å². The Hall–Kier alpha value is -2.59. The Morgan fingerprint density at radius 2 is 1.46 bits per heavy atom. The van der Waals surface area contributed by atoms with E-state index < -0.39 is 29.5 Å². The number of quaternary nitrogens is 1. The molecule has 1 amide bonds. The van der Waals surface area contributed by atoms with Gasteiger partial charge in [-0.05, 0) is 35.7 Å². The highest BCUT2D eigenvalue weighted by molar-refractivity contribution is 5.83. The molecule has 1 unspecified atom stereocenters. The van der Waals surface area contributed by atoms with Crippen molar-refractivity contribution in [3.05, 3.63) is 70.8 Å². The lowest BCUT2D eigenvalue weighted by molar-refractivity contribution is -0.894. The van der Waals surface area contributed by atoms with E-state index in [4.69, 9.17) is 0 Å². The van der Waals surface area contributed by atoms with Crippen LogP contribution in [0.15, 0.2) is 48.5 Å². The first-order chi connectivity index (χ1) is 16.2. The van der Waals surface area contributed by atoms with E-state index in [9.17, 15) is 31.1 Å². The summed E-state index contributed by atoms with van der Waals surface area (Å²) in [5, 5.41) is 0. The number of likely N-dealkylation sites (N-methyl/N-ethyl adjacent to an activating group) is 2. The summed E-state index contributed by atoms with van der Waals surface area (Å²) in [5.41, 5.74) is -2.03. The van der Waals surface area contributed by atoms with Crippen molar-refractivity contribution in [2.45, 2.75) is 24.8 Å². The van der Waals surface area contributed by atoms with E-state index in [1.165, 1.54) is 11.9 Å². The number of piperazine rings is 1. The quantitative estimate of drug-likeness (QED) is 0.416. The highest BCUT2D eigenvalue weighted by atomic mass is 19.4. The number of alkyl halides is 6. The largest absolute Gasteiger partial charge is 0.416 e. The van der Waals surface area contributed by atoms with Crippen LogP contribution in [-0.4, -0.2) is 74.1 Å². The highest BCUT2D eigenvalue weighted by Gasteiger charge is 2.38. The van der Waals surface area contributed by atoms with Crippen LogP contribution >= 0.6 is 0 Å². The van der Waals surface area contributed by atoms with E-state index >= 15 is 0 Å². The third-order valence-corrected chi connectivity index (χ3v) is 6.46. The molecule has 2 aromatic rings. The zero-order chi connectivity index (χ0) is 26.0. The monoisotopic (exact) mass is 502 g/mol. The van der Waals surface area contributed by atoms with Gasteiger partial charge in [-0.1, -0.05) is 30.3 Å². The van der Waals surface area contributed by atoms with E-state index in [0.717, 1.165) is 23.1 Å². The summed E-state index contributed by atoms with van der Waals surface area (Å²) in [5.74, 6) is -0.244. The molecule has 0 bridgehead atoms. The van der Waals surface area contributed by atoms with Crippen molar-refractivity contribution < 1.29 is 35.6 Å². The van der Waals surface area contributed by atoms with E-state index in [1.807, 2.05) is 30.3 Å². The number of hydrogen-bond donors (Lipinski definition) is 0. The van der Waals surface area contributed by atoms with Crippen molar-refractivity contribution in [2.75, 3.05) is 53.9 Å². The summed E-state index contributed by atoms with van der Waals surface area (Å²) in [6, 6.07) is 10.2. The molecule has 192 valence electrons. The van der Waals surface area contributed by atoms with Gasteiger partial charge in [0.1, 0.15) is 6.04 Å². The Labute approximate surface area is 201 Å². The molecule has 10 heteroatoms. The average Bonchev–Trinajstić information content (AvgIpc) is 2.78. The fourth-order valence-electron chi connectivity index (χ4n) is 4.20. The van der Waals surface area contributed by atoms with E-state index in [0.29, 0.717) is 25.2 Å². The van der Waals surface area contributed by atoms with Crippen molar-refractivity contribution in [3.8, 4) is 0 Å². The number of carbonyl (C=O) groups is 1. The molecule has 35 heavy (non-hydrogen) atoms. The number of nitrogens with zero attached hydrogens (tertiary/aromatic N) is 3. The van der Waals surface area contributed by atoms with Gasteiger partial charge in [-0.25, -0.2) is 0 Å². The topological polar surface area (TPSA) is 23.6 Å². The Kier molecular flexibility index (Phi) is 7.86. The lowest BCUT2D eigenvalue weighted by Gasteiger charge is -2.42. The molecule has 1 heterocycles. The average molecular weight is 503 g/mol. The molecule has 1 saturated heterocycles. The summed E-state index contributed by atoms with van der Waals surface area (Å²) in [7, 11) is 5.76. The number of amides is 1. The van der Waals surface area contributed by atoms with Gasteiger partial charge in [0.2, 0.25) is 5.91 Å². The van der Waals surface area contributed by atoms with Crippen LogP contribution in [-0.2, 0) is 23.6 Å². The molecular formula is C25H30F6N3O+. The number of hydrogen-bond acceptors (Lipinski definition) is 2. The van der Waals surface area contributed by atoms with Crippen molar-refractivity contribution >= 4 is 5.91 Å². The minimum Gasteiger partial charge on any atom is -0.344 e. The van der Waals surface area contributed by atoms with Crippen LogP contribution < -0.4 is 0 Å². The predicted molar refractivity (Wildman–Crippen MR) is 120 cm³/mol. The molecule has 0 radical (unpaired) electrons. The summed E-state index contributed by atoms with van der Waals surface area (Å²) < 4.78 is 79.9. The van der Waals surface area contributed by atoms with Crippen molar-refractivity contribution in [3.63, 3.8) is 0 Å². The Morgan fingerprint density at radius 3 is 1.94 bits per heavy atom. The van der Waals surface area contributed by atoms with Crippen LogP contribution in [0.25, 0.3) is 0 Å². The molecule has 0 saturated carbocycles. The Bertz CT molecular complexity index is 978. The molecule has 2 aromatic carbocycles. The molecule has 1 fully saturated rings. The van der Waals surface area contributed by atoms with Gasteiger partial charge in [-0.15, -0.1) is 0 Å². The first-order valence-electron chi connectivity index (χ1n) is 11.3. The van der Waals surface area contributed by atoms with Crippen LogP contribution in [0.2, 0.25) is 0 Å². The van der Waals surface area contributed by atoms with Gasteiger partial charge >= 0.3 is 12.4 Å². The number of halogens is 6. The summed E-state index contributed by atoms with van der Waals surface area (Å²) in [6.45, 7) is 3.06. The van der Waals surface area contributed by atoms with Gasteiger partial charge in [0.25, 0.3) is 0 Å². The van der Waals surface area contributed by atoms with E-state index in [2.05, 4.69) is 19.0 Å². The second-order valence-corrected chi connectivity index (χ2v) is 9.66. The van der Waals surface area contributed by atoms with Crippen molar-refractivity contribution in [2.24, 2.45) is 0 Å². The van der Waals surface area contributed by atoms with Crippen LogP contribution in [0.3, 0.4) is 0 Å². The molecular weight excluding hydrogens is 472 g/mol. The number of carbonyl (C=O) groups excluding carboxylic acids is 1. The lowest BCUT2D eigenvalue weighted by atomic mass is 10.0. The number of rotatable bonds is 6. The molecule has 1 atom stereocenters. The van der Waals surface area contributed by atoms with Gasteiger partial charge in [0, 0.05) is 26.7 Å². The van der Waals surface area contributed by atoms with Crippen LogP contribution in [0.1, 0.15) is 28.3 Å². The molecule has 1 aliphatic rings. The lowest BCUT2D eigenvalue weighted by Crippen LogP contribution is -2.57. The number of benzene rings is 2. The Morgan fingerprint density at radius 1 is 0.943 bits per heavy atom. The minimum absolute atomic E-state index is 0.0177. The van der Waals surface area contributed by atoms with Gasteiger partial charge in [0.15, 0.2) is 0 Å². The molecule has 1 aliphatic heterocycles. The third-order valence-electron chi connectivity index (χ3n) is 6.46. The summed E-state index contributed by atoms with van der Waals surface area (Å²) >= 11 is 0. The summed E-state index contributed by atoms with van der Waals surface area (Å²) in [6.07, 6.45) is -9.95. The first kappa shape index (κ1) is 27.0. The fraction of sp³-hybridized carbons (Fsp3) is 0.480. The minimum atomic E-state index is -4.91.